The Morgan fingerprint density at radius 1 is 1.15 bits per heavy atom. The van der Waals surface area contributed by atoms with Gasteiger partial charge in [-0.3, -0.25) is 4.79 Å². The highest BCUT2D eigenvalue weighted by atomic mass is 32.2. The van der Waals surface area contributed by atoms with Gasteiger partial charge in [0.25, 0.3) is 0 Å². The lowest BCUT2D eigenvalue weighted by molar-refractivity contribution is -0.128. The van der Waals surface area contributed by atoms with Crippen molar-refractivity contribution in [1.29, 1.82) is 0 Å². The van der Waals surface area contributed by atoms with Crippen molar-refractivity contribution in [1.82, 2.24) is 4.90 Å². The summed E-state index contributed by atoms with van der Waals surface area (Å²) in [4.78, 5) is 28.5. The van der Waals surface area contributed by atoms with Crippen molar-refractivity contribution in [2.24, 2.45) is 5.92 Å². The number of hydrogen-bond donors (Lipinski definition) is 0. The third kappa shape index (κ3) is 4.35. The molecular weight excluding hydrogens is 358 g/mol. The maximum absolute atomic E-state index is 12.3. The van der Waals surface area contributed by atoms with Crippen molar-refractivity contribution in [3.8, 4) is 0 Å². The van der Waals surface area contributed by atoms with Crippen LogP contribution in [0.15, 0.2) is 58.3 Å². The number of aryl methyl sites for hydroxylation is 1. The molecule has 2 fully saturated rings. The average Bonchev–Trinajstić information content (AvgIpc) is 3.45. The second kappa shape index (κ2) is 7.77. The Morgan fingerprint density at radius 3 is 2.59 bits per heavy atom. The maximum atomic E-state index is 12.3. The molecule has 2 aromatic carbocycles. The van der Waals surface area contributed by atoms with Gasteiger partial charge in [0.15, 0.2) is 0 Å². The molecule has 1 saturated heterocycles. The van der Waals surface area contributed by atoms with Crippen LogP contribution in [0, 0.1) is 12.8 Å². The van der Waals surface area contributed by atoms with E-state index in [9.17, 15) is 9.59 Å². The van der Waals surface area contributed by atoms with Crippen LogP contribution in [-0.2, 0) is 9.53 Å². The molecule has 1 aliphatic heterocycles. The number of nitrogens with zero attached hydrogens (tertiary/aromatic N) is 1. The molecule has 1 aliphatic carbocycles. The minimum absolute atomic E-state index is 0.123. The first-order chi connectivity index (χ1) is 13.1. The Bertz CT molecular complexity index is 845. The third-order valence-electron chi connectivity index (χ3n) is 5.09. The van der Waals surface area contributed by atoms with E-state index in [1.54, 1.807) is 23.9 Å². The summed E-state index contributed by atoms with van der Waals surface area (Å²) >= 11 is 1.68. The Hall–Kier alpha value is -2.27. The fourth-order valence-electron chi connectivity index (χ4n) is 3.39. The highest BCUT2D eigenvalue weighted by Gasteiger charge is 2.39. The number of ether oxygens (including phenoxy) is 1. The van der Waals surface area contributed by atoms with E-state index in [0.29, 0.717) is 24.6 Å². The molecule has 5 heteroatoms. The van der Waals surface area contributed by atoms with Crippen molar-refractivity contribution in [2.45, 2.75) is 42.0 Å². The molecule has 0 N–H and O–H groups in total. The molecule has 4 nitrogen and oxygen atoms in total. The highest BCUT2D eigenvalue weighted by molar-refractivity contribution is 7.99. The Kier molecular flexibility index (Phi) is 5.21. The lowest BCUT2D eigenvalue weighted by Crippen LogP contribution is -2.27. The van der Waals surface area contributed by atoms with Gasteiger partial charge in [-0.15, -0.1) is 0 Å². The van der Waals surface area contributed by atoms with Gasteiger partial charge in [-0.25, -0.2) is 4.79 Å². The topological polar surface area (TPSA) is 46.6 Å². The van der Waals surface area contributed by atoms with E-state index < -0.39 is 0 Å². The van der Waals surface area contributed by atoms with Gasteiger partial charge in [-0.05, 0) is 55.7 Å². The van der Waals surface area contributed by atoms with Gasteiger partial charge in [0.1, 0.15) is 0 Å². The molecule has 2 aliphatic rings. The summed E-state index contributed by atoms with van der Waals surface area (Å²) in [7, 11) is 0. The molecule has 2 aromatic rings. The molecule has 1 amide bonds. The quantitative estimate of drug-likeness (QED) is 0.700. The Balaban J connectivity index is 1.30. The Labute approximate surface area is 163 Å². The normalized spacial score (nSPS) is 19.4. The summed E-state index contributed by atoms with van der Waals surface area (Å²) in [6.07, 6.45) is 2.73. The number of benzene rings is 2. The first-order valence-electron chi connectivity index (χ1n) is 9.40. The van der Waals surface area contributed by atoms with E-state index in [1.807, 2.05) is 29.2 Å². The van der Waals surface area contributed by atoms with Crippen LogP contribution in [0.1, 0.15) is 35.2 Å². The van der Waals surface area contributed by atoms with Crippen molar-refractivity contribution < 1.29 is 14.3 Å². The van der Waals surface area contributed by atoms with Crippen molar-refractivity contribution >= 4 is 23.6 Å². The van der Waals surface area contributed by atoms with Gasteiger partial charge >= 0.3 is 5.97 Å². The van der Waals surface area contributed by atoms with Gasteiger partial charge < -0.3 is 9.64 Å². The first kappa shape index (κ1) is 18.1. The molecule has 0 radical (unpaired) electrons. The minimum atomic E-state index is -0.320. The lowest BCUT2D eigenvalue weighted by Gasteiger charge is -2.15. The number of carbonyl (C=O) groups excluding carboxylic acids is 2. The zero-order chi connectivity index (χ0) is 18.8. The molecule has 0 aromatic heterocycles. The zero-order valence-corrected chi connectivity index (χ0v) is 16.2. The molecule has 27 heavy (non-hydrogen) atoms. The summed E-state index contributed by atoms with van der Waals surface area (Å²) in [5.41, 5.74) is 1.78. The average molecular weight is 381 g/mol. The molecule has 0 bridgehead atoms. The lowest BCUT2D eigenvalue weighted by atomic mass is 10.1. The predicted molar refractivity (Wildman–Crippen MR) is 105 cm³/mol. The molecule has 1 atom stereocenters. The summed E-state index contributed by atoms with van der Waals surface area (Å²) in [5, 5.41) is 0. The maximum Gasteiger partial charge on any atom is 0.338 e. The van der Waals surface area contributed by atoms with Crippen LogP contribution in [0.3, 0.4) is 0 Å². The number of likely N-dealkylation sites (tertiary alicyclic amines) is 1. The second-order valence-corrected chi connectivity index (χ2v) is 8.45. The molecule has 4 rings (SSSR count). The zero-order valence-electron chi connectivity index (χ0n) is 15.4. The summed E-state index contributed by atoms with van der Waals surface area (Å²) in [6.45, 7) is 3.13. The molecular formula is C22H23NO3S. The van der Waals surface area contributed by atoms with Crippen LogP contribution in [0.4, 0.5) is 0 Å². The second-order valence-electron chi connectivity index (χ2n) is 7.34. The summed E-state index contributed by atoms with van der Waals surface area (Å²) < 4.78 is 5.46. The van der Waals surface area contributed by atoms with Crippen LogP contribution in [0.2, 0.25) is 0 Å². The van der Waals surface area contributed by atoms with Crippen LogP contribution in [0.25, 0.3) is 0 Å². The first-order valence-corrected chi connectivity index (χ1v) is 10.2. The van der Waals surface area contributed by atoms with E-state index >= 15 is 0 Å². The molecule has 140 valence electrons. The minimum Gasteiger partial charge on any atom is -0.462 e. The van der Waals surface area contributed by atoms with Gasteiger partial charge in [0.2, 0.25) is 5.91 Å². The highest BCUT2D eigenvalue weighted by Crippen LogP contribution is 2.33. The van der Waals surface area contributed by atoms with Crippen molar-refractivity contribution in [3.63, 3.8) is 0 Å². The predicted octanol–water partition coefficient (Wildman–Crippen LogP) is 4.31. The van der Waals surface area contributed by atoms with E-state index in [1.165, 1.54) is 10.5 Å². The van der Waals surface area contributed by atoms with E-state index in [0.717, 1.165) is 24.3 Å². The Morgan fingerprint density at radius 2 is 1.89 bits per heavy atom. The van der Waals surface area contributed by atoms with Crippen LogP contribution in [0.5, 0.6) is 0 Å². The monoisotopic (exact) mass is 381 g/mol. The summed E-state index contributed by atoms with van der Waals surface area (Å²) in [5.74, 6) is 0.00818. The fraction of sp³-hybridized carbons (Fsp3) is 0.364. The van der Waals surface area contributed by atoms with Crippen molar-refractivity contribution in [2.75, 3.05) is 13.2 Å². The van der Waals surface area contributed by atoms with Gasteiger partial charge in [0, 0.05) is 34.7 Å². The molecule has 1 heterocycles. The largest absolute Gasteiger partial charge is 0.462 e. The van der Waals surface area contributed by atoms with Gasteiger partial charge in [0.05, 0.1) is 12.2 Å². The SMILES string of the molecule is Cc1ccccc1Sc1ccc(C(=O)OC[C@@H]2CC(=O)N(C3CC3)C2)cc1. The summed E-state index contributed by atoms with van der Waals surface area (Å²) in [6, 6.07) is 16.2. The number of carbonyl (C=O) groups is 2. The van der Waals surface area contributed by atoms with Crippen LogP contribution in [-0.4, -0.2) is 36.0 Å². The number of amides is 1. The van der Waals surface area contributed by atoms with E-state index in [4.69, 9.17) is 4.74 Å². The van der Waals surface area contributed by atoms with E-state index in [2.05, 4.69) is 19.1 Å². The number of hydrogen-bond acceptors (Lipinski definition) is 4. The van der Waals surface area contributed by atoms with Gasteiger partial charge in [-0.2, -0.15) is 0 Å². The number of rotatable bonds is 6. The van der Waals surface area contributed by atoms with Gasteiger partial charge in [-0.1, -0.05) is 30.0 Å². The number of esters is 1. The van der Waals surface area contributed by atoms with Crippen LogP contribution < -0.4 is 0 Å². The standard InChI is InChI=1S/C22H23NO3S/c1-15-4-2-3-5-20(15)27-19-10-6-17(7-11-19)22(25)26-14-16-12-21(24)23(13-16)18-8-9-18/h2-7,10-11,16,18H,8-9,12-14H2,1H3/t16-/m1/s1. The molecule has 0 spiro atoms. The van der Waals surface area contributed by atoms with Crippen LogP contribution >= 0.6 is 11.8 Å². The van der Waals surface area contributed by atoms with E-state index in [-0.39, 0.29) is 17.8 Å². The third-order valence-corrected chi connectivity index (χ3v) is 6.27. The van der Waals surface area contributed by atoms with Crippen molar-refractivity contribution in [3.05, 3.63) is 59.7 Å². The fourth-order valence-corrected chi connectivity index (χ4v) is 4.29. The smallest absolute Gasteiger partial charge is 0.338 e. The molecule has 1 saturated carbocycles. The molecule has 0 unspecified atom stereocenters.